The summed E-state index contributed by atoms with van der Waals surface area (Å²) >= 11 is 0. The molecule has 0 saturated carbocycles. The minimum atomic E-state index is -0.0240. The first-order valence-corrected chi connectivity index (χ1v) is 8.97. The van der Waals surface area contributed by atoms with E-state index in [1.165, 1.54) is 0 Å². The average Bonchev–Trinajstić information content (AvgIpc) is 3.32. The molecule has 0 bridgehead atoms. The predicted octanol–water partition coefficient (Wildman–Crippen LogP) is 3.32. The van der Waals surface area contributed by atoms with Crippen LogP contribution in [0.2, 0.25) is 0 Å². The van der Waals surface area contributed by atoms with Gasteiger partial charge in [-0.15, -0.1) is 0 Å². The molecule has 4 heterocycles. The van der Waals surface area contributed by atoms with Gasteiger partial charge in [-0.3, -0.25) is 0 Å². The normalized spacial score (nSPS) is 19.7. The number of aromatic nitrogens is 4. The largest absolute Gasteiger partial charge is 0.491 e. The molecule has 0 radical (unpaired) electrons. The Balaban J connectivity index is 1.26. The van der Waals surface area contributed by atoms with Gasteiger partial charge in [0.1, 0.15) is 36.4 Å². The van der Waals surface area contributed by atoms with E-state index in [-0.39, 0.29) is 12.3 Å². The molecule has 5 rings (SSSR count). The van der Waals surface area contributed by atoms with Crippen LogP contribution in [0.4, 0.5) is 5.82 Å². The molecule has 1 aliphatic rings. The molecule has 7 heteroatoms. The highest BCUT2D eigenvalue weighted by Crippen LogP contribution is 2.31. The molecule has 27 heavy (non-hydrogen) atoms. The Hall–Kier alpha value is -3.19. The van der Waals surface area contributed by atoms with Crippen molar-refractivity contribution in [2.45, 2.75) is 25.2 Å². The fraction of sp³-hybridized carbons (Fsp3) is 0.250. The zero-order chi connectivity index (χ0) is 18.2. The summed E-state index contributed by atoms with van der Waals surface area (Å²) in [7, 11) is 0. The van der Waals surface area contributed by atoms with Crippen LogP contribution >= 0.6 is 0 Å². The van der Waals surface area contributed by atoms with Gasteiger partial charge in [0.05, 0.1) is 11.6 Å². The van der Waals surface area contributed by atoms with Crippen molar-refractivity contribution in [1.82, 2.24) is 19.5 Å². The minimum Gasteiger partial charge on any atom is -0.491 e. The second-order valence-corrected chi connectivity index (χ2v) is 6.72. The molecule has 7 nitrogen and oxygen atoms in total. The average molecular weight is 361 g/mol. The fourth-order valence-corrected chi connectivity index (χ4v) is 3.54. The summed E-state index contributed by atoms with van der Waals surface area (Å²) in [5, 5.41) is 2.05. The summed E-state index contributed by atoms with van der Waals surface area (Å²) in [5.41, 5.74) is 7.49. The van der Waals surface area contributed by atoms with E-state index in [1.807, 2.05) is 42.7 Å². The highest BCUT2D eigenvalue weighted by atomic mass is 16.6. The Bertz CT molecular complexity index is 1110. The molecule has 1 aromatic carbocycles. The van der Waals surface area contributed by atoms with Crippen LogP contribution in [0.3, 0.4) is 0 Å². The second kappa shape index (κ2) is 6.51. The molecule has 0 amide bonds. The number of ether oxygens (including phenoxy) is 2. The van der Waals surface area contributed by atoms with E-state index in [4.69, 9.17) is 15.2 Å². The van der Waals surface area contributed by atoms with Crippen LogP contribution in [-0.4, -0.2) is 32.2 Å². The first-order valence-electron chi connectivity index (χ1n) is 8.97. The fourth-order valence-electron chi connectivity index (χ4n) is 3.54. The topological polar surface area (TPSA) is 88.1 Å². The van der Waals surface area contributed by atoms with E-state index in [0.29, 0.717) is 12.4 Å². The maximum absolute atomic E-state index is 6.18. The number of hydrogen-bond donors (Lipinski definition) is 1. The maximum atomic E-state index is 6.18. The third-order valence-electron chi connectivity index (χ3n) is 4.89. The van der Waals surface area contributed by atoms with E-state index in [0.717, 1.165) is 40.5 Å². The maximum Gasteiger partial charge on any atom is 0.145 e. The van der Waals surface area contributed by atoms with Crippen LogP contribution in [0.5, 0.6) is 5.75 Å². The van der Waals surface area contributed by atoms with E-state index in [9.17, 15) is 0 Å². The Morgan fingerprint density at radius 2 is 2.07 bits per heavy atom. The van der Waals surface area contributed by atoms with Crippen LogP contribution in [0.15, 0.2) is 55.1 Å². The summed E-state index contributed by atoms with van der Waals surface area (Å²) in [6.07, 6.45) is 7.27. The van der Waals surface area contributed by atoms with Crippen molar-refractivity contribution >= 4 is 27.8 Å². The smallest absolute Gasteiger partial charge is 0.145 e. The number of pyridine rings is 1. The summed E-state index contributed by atoms with van der Waals surface area (Å²) in [6, 6.07) is 11.6. The van der Waals surface area contributed by atoms with Crippen molar-refractivity contribution in [3.05, 3.63) is 55.1 Å². The second-order valence-electron chi connectivity index (χ2n) is 6.72. The molecule has 136 valence electrons. The van der Waals surface area contributed by atoms with Crippen LogP contribution in [0.25, 0.3) is 21.9 Å². The lowest BCUT2D eigenvalue weighted by molar-refractivity contribution is -0.0156. The lowest BCUT2D eigenvalue weighted by Gasteiger charge is -2.16. The van der Waals surface area contributed by atoms with Crippen LogP contribution in [-0.2, 0) is 4.74 Å². The van der Waals surface area contributed by atoms with Gasteiger partial charge in [-0.05, 0) is 43.2 Å². The zero-order valence-corrected chi connectivity index (χ0v) is 14.7. The van der Waals surface area contributed by atoms with Gasteiger partial charge < -0.3 is 19.8 Å². The van der Waals surface area contributed by atoms with E-state index in [2.05, 4.69) is 19.5 Å². The van der Waals surface area contributed by atoms with Crippen molar-refractivity contribution in [3.8, 4) is 5.75 Å². The summed E-state index contributed by atoms with van der Waals surface area (Å²) in [5.74, 6) is 1.27. The summed E-state index contributed by atoms with van der Waals surface area (Å²) < 4.78 is 14.2. The van der Waals surface area contributed by atoms with Crippen molar-refractivity contribution in [2.24, 2.45) is 0 Å². The standard InChI is InChI=1S/C20H19N5O2/c21-18-5-2-13-1-3-15(9-17(13)24-18)26-11-16-4-6-19(27-16)25-8-7-14-10-22-12-23-20(14)25/h1-3,5,7-10,12,16,19H,4,6,11H2,(H2,21,24)/t16-,19?/m0/s1. The quantitative estimate of drug-likeness (QED) is 0.600. The number of anilines is 1. The third-order valence-corrected chi connectivity index (χ3v) is 4.89. The molecule has 0 spiro atoms. The number of fused-ring (bicyclic) bond motifs is 2. The van der Waals surface area contributed by atoms with Gasteiger partial charge in [-0.25, -0.2) is 15.0 Å². The molecular formula is C20H19N5O2. The highest BCUT2D eigenvalue weighted by Gasteiger charge is 2.28. The van der Waals surface area contributed by atoms with E-state index >= 15 is 0 Å². The molecule has 2 atom stereocenters. The van der Waals surface area contributed by atoms with Crippen LogP contribution in [0, 0.1) is 0 Å². The van der Waals surface area contributed by atoms with Gasteiger partial charge in [0.15, 0.2) is 0 Å². The Labute approximate surface area is 155 Å². The molecule has 1 saturated heterocycles. The molecule has 1 aliphatic heterocycles. The van der Waals surface area contributed by atoms with Gasteiger partial charge in [0.25, 0.3) is 0 Å². The Morgan fingerprint density at radius 3 is 3.04 bits per heavy atom. The van der Waals surface area contributed by atoms with Gasteiger partial charge in [-0.1, -0.05) is 0 Å². The predicted molar refractivity (Wildman–Crippen MR) is 102 cm³/mol. The lowest BCUT2D eigenvalue weighted by atomic mass is 10.2. The van der Waals surface area contributed by atoms with E-state index < -0.39 is 0 Å². The molecule has 2 N–H and O–H groups in total. The third kappa shape index (κ3) is 3.06. The van der Waals surface area contributed by atoms with Gasteiger partial charge in [0, 0.05) is 29.2 Å². The van der Waals surface area contributed by atoms with Gasteiger partial charge in [-0.2, -0.15) is 0 Å². The highest BCUT2D eigenvalue weighted by molar-refractivity contribution is 5.81. The minimum absolute atomic E-state index is 0.0240. The lowest BCUT2D eigenvalue weighted by Crippen LogP contribution is -2.18. The molecule has 0 aliphatic carbocycles. The number of rotatable bonds is 4. The van der Waals surface area contributed by atoms with Crippen LogP contribution < -0.4 is 10.5 Å². The van der Waals surface area contributed by atoms with Crippen molar-refractivity contribution in [3.63, 3.8) is 0 Å². The van der Waals surface area contributed by atoms with Crippen molar-refractivity contribution in [2.75, 3.05) is 12.3 Å². The monoisotopic (exact) mass is 361 g/mol. The SMILES string of the molecule is Nc1ccc2ccc(OC[C@@H]3CCC(n4ccc5cncnc54)O3)cc2n1. The zero-order valence-electron chi connectivity index (χ0n) is 14.7. The molecule has 3 aromatic heterocycles. The van der Waals surface area contributed by atoms with Crippen molar-refractivity contribution in [1.29, 1.82) is 0 Å². The molecule has 4 aromatic rings. The Morgan fingerprint density at radius 1 is 1.15 bits per heavy atom. The number of nitrogens with two attached hydrogens (primary N) is 1. The number of benzene rings is 1. The first kappa shape index (κ1) is 16.0. The molecule has 1 fully saturated rings. The Kier molecular flexibility index (Phi) is 3.86. The summed E-state index contributed by atoms with van der Waals surface area (Å²) in [4.78, 5) is 12.8. The summed E-state index contributed by atoms with van der Waals surface area (Å²) in [6.45, 7) is 0.499. The van der Waals surface area contributed by atoms with Gasteiger partial charge >= 0.3 is 0 Å². The van der Waals surface area contributed by atoms with Crippen LogP contribution in [0.1, 0.15) is 19.1 Å². The van der Waals surface area contributed by atoms with Gasteiger partial charge in [0.2, 0.25) is 0 Å². The number of nitrogens with zero attached hydrogens (tertiary/aromatic N) is 4. The molecule has 1 unspecified atom stereocenters. The van der Waals surface area contributed by atoms with Crippen molar-refractivity contribution < 1.29 is 9.47 Å². The van der Waals surface area contributed by atoms with E-state index in [1.54, 1.807) is 12.4 Å². The first-order chi connectivity index (χ1) is 13.3. The number of hydrogen-bond acceptors (Lipinski definition) is 6. The number of nitrogen functional groups attached to an aromatic ring is 1. The molecular weight excluding hydrogens is 342 g/mol.